The molecule has 2 aromatic rings. The van der Waals surface area contributed by atoms with Gasteiger partial charge in [-0.25, -0.2) is 0 Å². The summed E-state index contributed by atoms with van der Waals surface area (Å²) in [6.45, 7) is 0. The fourth-order valence-electron chi connectivity index (χ4n) is 1.20. The van der Waals surface area contributed by atoms with Crippen molar-refractivity contribution in [2.24, 2.45) is 0 Å². The lowest BCUT2D eigenvalue weighted by molar-refractivity contribution is -0.382. The third-order valence-corrected chi connectivity index (χ3v) is 3.97. The topological polar surface area (TPSA) is 43.1 Å². The summed E-state index contributed by atoms with van der Waals surface area (Å²) in [5, 5.41) is 13.6. The second-order valence-corrected chi connectivity index (χ2v) is 4.77. The smallest absolute Gasteiger partial charge is 0.258 e. The molecule has 1 aromatic carbocycles. The van der Waals surface area contributed by atoms with Crippen LogP contribution in [0.1, 0.15) is 0 Å². The molecule has 3 nitrogen and oxygen atoms in total. The van der Waals surface area contributed by atoms with E-state index >= 15 is 0 Å². The van der Waals surface area contributed by atoms with Gasteiger partial charge in [-0.2, -0.15) is 0 Å². The van der Waals surface area contributed by atoms with Gasteiger partial charge < -0.3 is 0 Å². The number of nitro groups is 1. The molecule has 0 saturated heterocycles. The van der Waals surface area contributed by atoms with Crippen LogP contribution in [-0.4, -0.2) is 4.92 Å². The van der Waals surface area contributed by atoms with Gasteiger partial charge in [0.2, 0.25) is 0 Å². The molecule has 0 saturated carbocycles. The first kappa shape index (κ1) is 9.89. The summed E-state index contributed by atoms with van der Waals surface area (Å²) >= 11 is 10.3. The second kappa shape index (κ2) is 3.49. The standard InChI is InChI=1S/C8H3BrClNO2S/c9-5-3-4-1-2-14-8(4)7(6(5)10)11(12)13/h1-3H. The molecular formula is C8H3BrClNO2S. The van der Waals surface area contributed by atoms with Crippen LogP contribution < -0.4 is 0 Å². The highest BCUT2D eigenvalue weighted by atomic mass is 79.9. The highest BCUT2D eigenvalue weighted by molar-refractivity contribution is 9.10. The van der Waals surface area contributed by atoms with Gasteiger partial charge in [0.15, 0.2) is 0 Å². The molecule has 0 atom stereocenters. The predicted molar refractivity (Wildman–Crippen MR) is 61.2 cm³/mol. The molecule has 0 radical (unpaired) electrons. The zero-order valence-corrected chi connectivity index (χ0v) is 9.82. The van der Waals surface area contributed by atoms with E-state index in [0.29, 0.717) is 9.17 Å². The highest BCUT2D eigenvalue weighted by Gasteiger charge is 2.20. The van der Waals surface area contributed by atoms with Gasteiger partial charge >= 0.3 is 5.69 Å². The lowest BCUT2D eigenvalue weighted by atomic mass is 10.2. The number of fused-ring (bicyclic) bond motifs is 1. The zero-order chi connectivity index (χ0) is 10.3. The first-order valence-electron chi connectivity index (χ1n) is 3.61. The van der Waals surface area contributed by atoms with Crippen LogP contribution in [0.15, 0.2) is 22.0 Å². The van der Waals surface area contributed by atoms with Gasteiger partial charge in [-0.3, -0.25) is 10.1 Å². The minimum absolute atomic E-state index is 0.0222. The lowest BCUT2D eigenvalue weighted by Gasteiger charge is -1.99. The van der Waals surface area contributed by atoms with Crippen LogP contribution in [-0.2, 0) is 0 Å². The van der Waals surface area contributed by atoms with E-state index in [2.05, 4.69) is 15.9 Å². The highest BCUT2D eigenvalue weighted by Crippen LogP contribution is 2.41. The number of rotatable bonds is 1. The third-order valence-electron chi connectivity index (χ3n) is 1.79. The molecule has 14 heavy (non-hydrogen) atoms. The van der Waals surface area contributed by atoms with Crippen LogP contribution in [0.5, 0.6) is 0 Å². The Bertz CT molecular complexity index is 525. The lowest BCUT2D eigenvalue weighted by Crippen LogP contribution is -1.89. The Labute approximate surface area is 96.6 Å². The molecule has 0 aliphatic heterocycles. The van der Waals surface area contributed by atoms with Crippen LogP contribution in [0.4, 0.5) is 5.69 Å². The van der Waals surface area contributed by atoms with Gasteiger partial charge in [-0.15, -0.1) is 11.3 Å². The Kier molecular flexibility index (Phi) is 2.47. The average Bonchev–Trinajstić information content (AvgIpc) is 2.52. The first-order chi connectivity index (χ1) is 6.61. The Morgan fingerprint density at radius 3 is 2.93 bits per heavy atom. The van der Waals surface area contributed by atoms with E-state index in [1.54, 1.807) is 11.4 Å². The van der Waals surface area contributed by atoms with E-state index in [-0.39, 0.29) is 10.7 Å². The van der Waals surface area contributed by atoms with Crippen LogP contribution >= 0.6 is 38.9 Å². The van der Waals surface area contributed by atoms with E-state index in [1.807, 2.05) is 6.07 Å². The quantitative estimate of drug-likeness (QED) is 0.583. The van der Waals surface area contributed by atoms with Crippen LogP contribution in [0.3, 0.4) is 0 Å². The monoisotopic (exact) mass is 291 g/mol. The molecule has 1 aromatic heterocycles. The zero-order valence-electron chi connectivity index (χ0n) is 6.66. The molecule has 1 heterocycles. The summed E-state index contributed by atoms with van der Waals surface area (Å²) in [6, 6.07) is 3.61. The summed E-state index contributed by atoms with van der Waals surface area (Å²) in [7, 11) is 0. The molecule has 0 bridgehead atoms. The molecule has 0 spiro atoms. The molecule has 0 fully saturated rings. The van der Waals surface area contributed by atoms with E-state index < -0.39 is 4.92 Å². The molecule has 0 amide bonds. The molecule has 2 rings (SSSR count). The maximum atomic E-state index is 10.8. The van der Waals surface area contributed by atoms with Gasteiger partial charge in [0.05, 0.1) is 4.92 Å². The van der Waals surface area contributed by atoms with Crippen molar-refractivity contribution in [2.75, 3.05) is 0 Å². The predicted octanol–water partition coefficient (Wildman–Crippen LogP) is 4.23. The van der Waals surface area contributed by atoms with E-state index in [9.17, 15) is 10.1 Å². The van der Waals surface area contributed by atoms with Crippen LogP contribution in [0.25, 0.3) is 10.1 Å². The van der Waals surface area contributed by atoms with Crippen molar-refractivity contribution < 1.29 is 4.92 Å². The fraction of sp³-hybridized carbons (Fsp3) is 0. The number of thiophene rings is 1. The SMILES string of the molecule is O=[N+]([O-])c1c(Cl)c(Br)cc2ccsc12. The second-order valence-electron chi connectivity index (χ2n) is 2.62. The van der Waals surface area contributed by atoms with Crippen molar-refractivity contribution >= 4 is 54.6 Å². The van der Waals surface area contributed by atoms with E-state index in [4.69, 9.17) is 11.6 Å². The van der Waals surface area contributed by atoms with E-state index in [1.165, 1.54) is 11.3 Å². The first-order valence-corrected chi connectivity index (χ1v) is 5.66. The number of nitrogens with zero attached hydrogens (tertiary/aromatic N) is 1. The minimum Gasteiger partial charge on any atom is -0.258 e. The van der Waals surface area contributed by atoms with Gasteiger partial charge in [0.1, 0.15) is 9.72 Å². The Hall–Kier alpha value is -0.650. The third kappa shape index (κ3) is 1.41. The Balaban J connectivity index is 2.93. The summed E-state index contributed by atoms with van der Waals surface area (Å²) in [5.74, 6) is 0. The van der Waals surface area contributed by atoms with Crippen LogP contribution in [0.2, 0.25) is 5.02 Å². The van der Waals surface area contributed by atoms with Crippen molar-refractivity contribution in [3.8, 4) is 0 Å². The van der Waals surface area contributed by atoms with Crippen molar-refractivity contribution in [3.63, 3.8) is 0 Å². The number of nitro benzene ring substituents is 1. The normalized spacial score (nSPS) is 10.7. The molecule has 0 N–H and O–H groups in total. The number of hydrogen-bond donors (Lipinski definition) is 0. The number of halogens is 2. The molecule has 0 aliphatic carbocycles. The summed E-state index contributed by atoms with van der Waals surface area (Å²) in [5.41, 5.74) is -0.0222. The van der Waals surface area contributed by atoms with Crippen molar-refractivity contribution in [3.05, 3.63) is 37.1 Å². The van der Waals surface area contributed by atoms with E-state index in [0.717, 1.165) is 5.39 Å². The largest absolute Gasteiger partial charge is 0.306 e. The Morgan fingerprint density at radius 2 is 2.29 bits per heavy atom. The minimum atomic E-state index is -0.452. The Morgan fingerprint density at radius 1 is 1.57 bits per heavy atom. The number of benzene rings is 1. The molecule has 72 valence electrons. The molecule has 0 unspecified atom stereocenters. The van der Waals surface area contributed by atoms with Gasteiger partial charge in [-0.1, -0.05) is 11.6 Å². The molecular weight excluding hydrogens is 290 g/mol. The summed E-state index contributed by atoms with van der Waals surface area (Å²) in [4.78, 5) is 10.3. The van der Waals surface area contributed by atoms with Crippen molar-refractivity contribution in [1.82, 2.24) is 0 Å². The fourth-order valence-corrected chi connectivity index (χ4v) is 2.81. The summed E-state index contributed by atoms with van der Waals surface area (Å²) in [6.07, 6.45) is 0. The van der Waals surface area contributed by atoms with Crippen molar-refractivity contribution in [1.29, 1.82) is 0 Å². The molecule has 6 heteroatoms. The van der Waals surface area contributed by atoms with Gasteiger partial charge in [-0.05, 0) is 33.4 Å². The molecule has 0 aliphatic rings. The van der Waals surface area contributed by atoms with Gasteiger partial charge in [0.25, 0.3) is 0 Å². The maximum Gasteiger partial charge on any atom is 0.306 e. The van der Waals surface area contributed by atoms with Crippen LogP contribution in [0, 0.1) is 10.1 Å². The maximum absolute atomic E-state index is 10.8. The van der Waals surface area contributed by atoms with Crippen molar-refractivity contribution in [2.45, 2.75) is 0 Å². The summed E-state index contributed by atoms with van der Waals surface area (Å²) < 4.78 is 1.17. The number of hydrogen-bond acceptors (Lipinski definition) is 3. The average molecular weight is 293 g/mol. The van der Waals surface area contributed by atoms with Gasteiger partial charge in [0, 0.05) is 9.86 Å².